The Morgan fingerprint density at radius 1 is 0.611 bits per heavy atom. The van der Waals surface area contributed by atoms with Crippen LogP contribution in [0.2, 0.25) is 0 Å². The second-order valence-electron chi connectivity index (χ2n) is 26.3. The number of fused-ring (bicyclic) bond motifs is 4. The number of nitrogens with one attached hydrogen (secondary N) is 4. The lowest BCUT2D eigenvalue weighted by Crippen LogP contribution is -2.70. The number of likely N-dealkylation sites (N-methyl/N-ethyl adjacent to an activating group) is 2. The number of nitrogens with zero attached hydrogens (tertiary/aromatic N) is 1. The fraction of sp³-hybridized carbons (Fsp3) is 0.762. The summed E-state index contributed by atoms with van der Waals surface area (Å²) in [5.74, 6) is -0.800. The molecule has 538 valence electrons. The zero-order chi connectivity index (χ0) is 69.8. The molecule has 19 N–H and O–H groups in total. The van der Waals surface area contributed by atoms with E-state index < -0.39 is 185 Å². The van der Waals surface area contributed by atoms with E-state index in [1.807, 2.05) is 67.6 Å². The molecule has 2 aliphatic carbocycles. The van der Waals surface area contributed by atoms with Gasteiger partial charge in [-0.1, -0.05) is 74.5 Å². The van der Waals surface area contributed by atoms with E-state index in [0.29, 0.717) is 58.0 Å². The molecule has 0 radical (unpaired) electrons. The number of carbonyl (C=O) groups is 3. The maximum absolute atomic E-state index is 13.1. The highest BCUT2D eigenvalue weighted by atomic mass is 16.8. The van der Waals surface area contributed by atoms with Gasteiger partial charge in [0, 0.05) is 54.5 Å². The van der Waals surface area contributed by atoms with Crippen molar-refractivity contribution in [2.24, 2.45) is 34.8 Å². The van der Waals surface area contributed by atoms with Gasteiger partial charge in [0.15, 0.2) is 43.8 Å². The molecule has 9 fully saturated rings. The number of alkyl carbamates (subject to hydrolysis) is 2. The molecular weight excluding hydrogens is 1250 g/mol. The Hall–Kier alpha value is -4.67. The first-order chi connectivity index (χ1) is 46.7. The number of carbonyl (C=O) groups excluding carboxylic acids is 3. The summed E-state index contributed by atoms with van der Waals surface area (Å²) >= 11 is 0. The van der Waals surface area contributed by atoms with Gasteiger partial charge in [-0.3, -0.25) is 4.90 Å². The van der Waals surface area contributed by atoms with Gasteiger partial charge >= 0.3 is 18.3 Å². The number of aliphatic hydroxyl groups is 7. The highest BCUT2D eigenvalue weighted by Gasteiger charge is 2.61. The molecule has 30 atom stereocenters. The number of ether oxygens (including phenoxy) is 13. The van der Waals surface area contributed by atoms with Crippen molar-refractivity contribution in [2.45, 2.75) is 250 Å². The van der Waals surface area contributed by atoms with Crippen molar-refractivity contribution in [3.8, 4) is 0 Å². The Bertz CT molecular complexity index is 2750. The predicted octanol–water partition coefficient (Wildman–Crippen LogP) is -2.28. The van der Waals surface area contributed by atoms with Crippen molar-refractivity contribution in [1.29, 1.82) is 0 Å². The molecule has 9 aliphatic rings. The van der Waals surface area contributed by atoms with E-state index in [1.54, 1.807) is 14.0 Å². The Balaban J connectivity index is 0.000000260. The van der Waals surface area contributed by atoms with E-state index in [2.05, 4.69) is 21.3 Å². The van der Waals surface area contributed by atoms with Crippen LogP contribution in [-0.4, -0.2) is 271 Å². The summed E-state index contributed by atoms with van der Waals surface area (Å²) in [6, 6.07) is 14.7. The molecule has 11 rings (SSSR count). The van der Waals surface area contributed by atoms with E-state index in [1.165, 1.54) is 11.9 Å². The van der Waals surface area contributed by atoms with Crippen molar-refractivity contribution >= 4 is 18.3 Å². The number of rotatable bonds is 20. The zero-order valence-corrected chi connectivity index (χ0v) is 53.9. The van der Waals surface area contributed by atoms with Gasteiger partial charge in [0.25, 0.3) is 0 Å². The van der Waals surface area contributed by atoms with Crippen molar-refractivity contribution < 1.29 is 116 Å². The molecule has 32 nitrogen and oxygen atoms in total. The van der Waals surface area contributed by atoms with E-state index in [-0.39, 0.29) is 44.8 Å². The van der Waals surface area contributed by atoms with Crippen molar-refractivity contribution in [3.05, 3.63) is 71.8 Å². The number of amides is 3. The minimum Gasteiger partial charge on any atom is -0.445 e. The molecule has 2 saturated carbocycles. The highest BCUT2D eigenvalue weighted by Crippen LogP contribution is 2.43. The molecule has 16 unspecified atom stereocenters. The molecule has 7 aliphatic heterocycles. The number of aliphatic hydroxyl groups excluding tert-OH is 7. The van der Waals surface area contributed by atoms with Gasteiger partial charge in [-0.05, 0) is 69.5 Å². The lowest BCUT2D eigenvalue weighted by atomic mass is 9.86. The van der Waals surface area contributed by atoms with E-state index in [0.717, 1.165) is 17.5 Å². The fourth-order valence-corrected chi connectivity index (χ4v) is 14.1. The van der Waals surface area contributed by atoms with Crippen LogP contribution in [0, 0.1) is 11.8 Å². The van der Waals surface area contributed by atoms with E-state index >= 15 is 0 Å². The third-order valence-electron chi connectivity index (χ3n) is 19.6. The zero-order valence-electron chi connectivity index (χ0n) is 55.9. The average molecular weight is 1360 g/mol. The van der Waals surface area contributed by atoms with Crippen molar-refractivity contribution in [2.75, 3.05) is 40.4 Å². The summed E-state index contributed by atoms with van der Waals surface area (Å²) in [4.78, 5) is 40.2. The number of nitrogens with two attached hydrogens (primary N) is 4. The monoisotopic (exact) mass is 1360 g/mol. The minimum absolute atomic E-state index is 0. The third kappa shape index (κ3) is 17.5. The van der Waals surface area contributed by atoms with Crippen LogP contribution < -0.4 is 44.2 Å². The summed E-state index contributed by atoms with van der Waals surface area (Å²) in [6.45, 7) is 3.60. The molecule has 3 amide bonds. The molecule has 7 saturated heterocycles. The van der Waals surface area contributed by atoms with Crippen LogP contribution >= 0.6 is 0 Å². The first-order valence-corrected chi connectivity index (χ1v) is 33.1. The SMILES string of the molecule is CC1C[C@@H]2OC(O[C@H]3OC(CO)[C@@H](C)[C@H](O)C3O)C3C(OC(=O)N3C)C2O[C@@H]1O[C@H]1CC[C@H](NC(=O)OCc2ccccc2)CC1NC(=O)OCc1ccccc1.CNC1C(O[C@H]2OC(CO)[C@@H](NCCN)[C@H](O)C2O)O[C@H]2CC(N)[C@@H](O[C@H]3CC[C@H](N)CC3N)OC2C1O.[3HH].[3H][3H]. The van der Waals surface area contributed by atoms with Crippen LogP contribution in [-0.2, 0) is 74.8 Å². The third-order valence-corrected chi connectivity index (χ3v) is 19.6. The van der Waals surface area contributed by atoms with Crippen LogP contribution in [0.4, 0.5) is 14.4 Å². The average Bonchev–Trinajstić information content (AvgIpc) is 1.52. The summed E-state index contributed by atoms with van der Waals surface area (Å²) < 4.78 is 88.5. The lowest BCUT2D eigenvalue weighted by molar-refractivity contribution is -0.376. The van der Waals surface area contributed by atoms with Crippen LogP contribution in [0.5, 0.6) is 0 Å². The molecule has 32 heteroatoms. The van der Waals surface area contributed by atoms with Gasteiger partial charge in [-0.2, -0.15) is 0 Å². The highest BCUT2D eigenvalue weighted by molar-refractivity contribution is 5.71. The van der Waals surface area contributed by atoms with Gasteiger partial charge in [0.2, 0.25) is 0 Å². The number of benzene rings is 2. The number of hydrogen-bond donors (Lipinski definition) is 15. The van der Waals surface area contributed by atoms with E-state index in [4.69, 9.17) is 87.5 Å². The molecule has 95 heavy (non-hydrogen) atoms. The summed E-state index contributed by atoms with van der Waals surface area (Å²) in [5, 5.41) is 85.5. The minimum atomic E-state index is -1.46. The summed E-state index contributed by atoms with van der Waals surface area (Å²) in [7, 11) is 3.16. The topological polar surface area (TPSA) is 468 Å². The van der Waals surface area contributed by atoms with Crippen LogP contribution in [0.1, 0.15) is 80.7 Å². The van der Waals surface area contributed by atoms with Crippen LogP contribution in [0.25, 0.3) is 0 Å². The van der Waals surface area contributed by atoms with Gasteiger partial charge in [0.1, 0.15) is 62.0 Å². The maximum atomic E-state index is 13.1. The number of hydrogen-bond acceptors (Lipinski definition) is 29. The quantitative estimate of drug-likeness (QED) is 0.0621. The van der Waals surface area contributed by atoms with Crippen LogP contribution in [0.15, 0.2) is 60.7 Å². The van der Waals surface area contributed by atoms with Crippen molar-refractivity contribution in [1.82, 2.24) is 26.2 Å². The van der Waals surface area contributed by atoms with Gasteiger partial charge < -0.3 is 142 Å². The summed E-state index contributed by atoms with van der Waals surface area (Å²) in [6.07, 6.45) is -16.8. The lowest BCUT2D eigenvalue weighted by Gasteiger charge is -2.51. The normalized spacial score (nSPS) is 42.6. The Labute approximate surface area is 555 Å². The van der Waals surface area contributed by atoms with E-state index in [9.17, 15) is 50.1 Å². The van der Waals surface area contributed by atoms with Gasteiger partial charge in [-0.25, -0.2) is 14.4 Å². The maximum Gasteiger partial charge on any atom is 0.410 e. The van der Waals surface area contributed by atoms with Crippen LogP contribution in [0.3, 0.4) is 0 Å². The fourth-order valence-electron chi connectivity index (χ4n) is 14.1. The first-order valence-electron chi connectivity index (χ1n) is 34.1. The van der Waals surface area contributed by atoms with Gasteiger partial charge in [-0.15, -0.1) is 0 Å². The summed E-state index contributed by atoms with van der Waals surface area (Å²) in [5.41, 5.74) is 25.8. The predicted molar refractivity (Wildman–Crippen MR) is 334 cm³/mol. The Morgan fingerprint density at radius 3 is 1.84 bits per heavy atom. The van der Waals surface area contributed by atoms with Gasteiger partial charge in [0.05, 0.1) is 74.0 Å². The van der Waals surface area contributed by atoms with Crippen molar-refractivity contribution in [3.63, 3.8) is 0 Å². The molecule has 2 aromatic carbocycles. The molecule has 0 spiro atoms. The second kappa shape index (κ2) is 33.5. The Morgan fingerprint density at radius 2 is 1.20 bits per heavy atom. The smallest absolute Gasteiger partial charge is 0.410 e. The molecule has 0 aromatic heterocycles. The molecule has 0 bridgehead atoms. The molecule has 2 aromatic rings. The standard InChI is InChI=1S/C40H53N3O14.C23H46N6O9.2H2/c1-21-16-28-33(34-30(43(3)40(49)56-34)36(53-28)57-37-32(46)31(45)22(2)29(18-44)54-37)55-35(21)52-27-15-14-25(41-38(47)50-19-23-10-6-4-7-11-23)17-26(27)42-39(48)51-20-24-12-8-5-9-13-24;1-28-16-18(32)20-13(7-11(27)21(37-20)34-12-3-2-9(25)6-10(12)26)35-22(16)38-23-19(33)17(31)15(29-5-4-24)14(8-30)36-23;;/h4-13,21-22,25-37,44-46H,14-20H2,1-3H3,(H,41,47)(H,42,48);9-23,28-33H,2-8,24-27H2,1H3;2*1H/t21?,22-,25+,26?,27+,28+,29?,30?,31+,32?,33?,34?,35+,36?,37-;9-,10?,11?,12-,13-,14?,15+,16?,17-,18?,19?,20?,21-,22?,23+;;/m10../s1/i;;1+2T;1+2. The Kier molecular flexibility index (Phi) is 25.2. The largest absolute Gasteiger partial charge is 0.445 e. The molecule has 7 heterocycles. The second-order valence-corrected chi connectivity index (χ2v) is 26.3. The first kappa shape index (κ1) is 71.6. The molecular formula is C63H103N9O23.